The summed E-state index contributed by atoms with van der Waals surface area (Å²) >= 11 is 0. The molecule has 2 nitrogen and oxygen atoms in total. The lowest BCUT2D eigenvalue weighted by Crippen LogP contribution is -2.18. The van der Waals surface area contributed by atoms with Gasteiger partial charge in [0.25, 0.3) is 0 Å². The van der Waals surface area contributed by atoms with Gasteiger partial charge >= 0.3 is 0 Å². The molecule has 1 heterocycles. The Bertz CT molecular complexity index is 286. The summed E-state index contributed by atoms with van der Waals surface area (Å²) in [6.45, 7) is 6.37. The van der Waals surface area contributed by atoms with Gasteiger partial charge in [0.05, 0.1) is 5.70 Å². The summed E-state index contributed by atoms with van der Waals surface area (Å²) in [7, 11) is 0. The van der Waals surface area contributed by atoms with E-state index >= 15 is 0 Å². The molecule has 0 N–H and O–H groups in total. The summed E-state index contributed by atoms with van der Waals surface area (Å²) < 4.78 is 0. The molecule has 0 radical (unpaired) electrons. The highest BCUT2D eigenvalue weighted by Crippen LogP contribution is 2.32. The number of aliphatic imine (C=N–C) groups is 1. The van der Waals surface area contributed by atoms with Crippen LogP contribution in [-0.2, 0) is 4.79 Å². The molecule has 0 aromatic rings. The summed E-state index contributed by atoms with van der Waals surface area (Å²) in [5, 5.41) is 0. The molecule has 2 heteroatoms. The van der Waals surface area contributed by atoms with Crippen LogP contribution in [0.15, 0.2) is 28.9 Å². The lowest BCUT2D eigenvalue weighted by molar-refractivity contribution is -0.105. The second kappa shape index (κ2) is 3.69. The maximum absolute atomic E-state index is 10.6. The zero-order valence-corrected chi connectivity index (χ0v) is 8.32. The Morgan fingerprint density at radius 3 is 2.77 bits per heavy atom. The van der Waals surface area contributed by atoms with Gasteiger partial charge in [-0.1, -0.05) is 26.8 Å². The monoisotopic (exact) mass is 177 g/mol. The first-order valence-corrected chi connectivity index (χ1v) is 4.48. The Kier molecular flexibility index (Phi) is 2.81. The van der Waals surface area contributed by atoms with Gasteiger partial charge in [-0.2, -0.15) is 0 Å². The molecular formula is C11H15NO. The quantitative estimate of drug-likeness (QED) is 0.595. The molecule has 1 unspecified atom stereocenters. The third kappa shape index (κ3) is 2.14. The summed E-state index contributed by atoms with van der Waals surface area (Å²) in [6, 6.07) is 0. The van der Waals surface area contributed by atoms with Gasteiger partial charge in [0.1, 0.15) is 0 Å². The van der Waals surface area contributed by atoms with Crippen LogP contribution in [0.3, 0.4) is 0 Å². The van der Waals surface area contributed by atoms with Crippen molar-refractivity contribution in [3.63, 3.8) is 0 Å². The van der Waals surface area contributed by atoms with Crippen LogP contribution in [0.5, 0.6) is 0 Å². The average Bonchev–Trinajstić information content (AvgIpc) is 2.28. The zero-order valence-electron chi connectivity index (χ0n) is 8.32. The van der Waals surface area contributed by atoms with Crippen molar-refractivity contribution in [1.29, 1.82) is 0 Å². The average molecular weight is 177 g/mol. The number of carbonyl (C=O) groups is 1. The van der Waals surface area contributed by atoms with E-state index in [0.717, 1.165) is 6.29 Å². The number of hydrogen-bond acceptors (Lipinski definition) is 2. The van der Waals surface area contributed by atoms with Gasteiger partial charge in [-0.15, -0.1) is 0 Å². The lowest BCUT2D eigenvalue weighted by atomic mass is 9.78. The molecule has 1 aliphatic heterocycles. The smallest absolute Gasteiger partial charge is 0.168 e. The van der Waals surface area contributed by atoms with Crippen molar-refractivity contribution in [2.45, 2.75) is 20.8 Å². The van der Waals surface area contributed by atoms with Crippen LogP contribution in [0.1, 0.15) is 20.8 Å². The highest BCUT2D eigenvalue weighted by molar-refractivity contribution is 5.81. The van der Waals surface area contributed by atoms with Crippen molar-refractivity contribution in [1.82, 2.24) is 0 Å². The van der Waals surface area contributed by atoms with Crippen LogP contribution in [0.2, 0.25) is 0 Å². The van der Waals surface area contributed by atoms with Gasteiger partial charge in [0.15, 0.2) is 6.29 Å². The van der Waals surface area contributed by atoms with E-state index in [9.17, 15) is 4.79 Å². The summed E-state index contributed by atoms with van der Waals surface area (Å²) in [5.41, 5.74) is 0.452. The first kappa shape index (κ1) is 9.90. The van der Waals surface area contributed by atoms with E-state index in [4.69, 9.17) is 0 Å². The van der Waals surface area contributed by atoms with E-state index in [1.165, 1.54) is 0 Å². The van der Waals surface area contributed by atoms with E-state index < -0.39 is 0 Å². The highest BCUT2D eigenvalue weighted by atomic mass is 16.1. The van der Waals surface area contributed by atoms with Gasteiger partial charge in [-0.25, -0.2) is 0 Å². The molecule has 0 fully saturated rings. The number of aldehydes is 1. The minimum absolute atomic E-state index is 0.0628. The van der Waals surface area contributed by atoms with Crippen LogP contribution >= 0.6 is 0 Å². The van der Waals surface area contributed by atoms with Crippen LogP contribution in [-0.4, -0.2) is 12.5 Å². The van der Waals surface area contributed by atoms with Gasteiger partial charge in [-0.05, 0) is 18.1 Å². The normalized spacial score (nSPS) is 27.2. The number of carbonyl (C=O) groups excluding carboxylic acids is 1. The van der Waals surface area contributed by atoms with Crippen molar-refractivity contribution >= 4 is 12.5 Å². The molecule has 0 aliphatic carbocycles. The Hall–Kier alpha value is -1.18. The molecule has 70 valence electrons. The van der Waals surface area contributed by atoms with Crippen molar-refractivity contribution < 1.29 is 4.79 Å². The second-order valence-corrected chi connectivity index (χ2v) is 3.85. The van der Waals surface area contributed by atoms with E-state index in [2.05, 4.69) is 31.8 Å². The van der Waals surface area contributed by atoms with Gasteiger partial charge in [0, 0.05) is 11.6 Å². The van der Waals surface area contributed by atoms with Gasteiger partial charge < -0.3 is 0 Å². The fourth-order valence-electron chi connectivity index (χ4n) is 1.21. The van der Waals surface area contributed by atoms with Crippen LogP contribution in [0, 0.1) is 11.3 Å². The maximum Gasteiger partial charge on any atom is 0.168 e. The van der Waals surface area contributed by atoms with Crippen LogP contribution < -0.4 is 0 Å². The predicted molar refractivity (Wildman–Crippen MR) is 54.7 cm³/mol. The number of hydrogen-bond donors (Lipinski definition) is 0. The van der Waals surface area contributed by atoms with Crippen LogP contribution in [0.25, 0.3) is 0 Å². The lowest BCUT2D eigenvalue weighted by Gasteiger charge is -2.26. The molecule has 0 saturated heterocycles. The summed E-state index contributed by atoms with van der Waals surface area (Å²) in [6.07, 6.45) is 8.35. The van der Waals surface area contributed by atoms with Crippen LogP contribution in [0.4, 0.5) is 0 Å². The Morgan fingerprint density at radius 2 is 2.23 bits per heavy atom. The predicted octanol–water partition coefficient (Wildman–Crippen LogP) is 2.37. The Labute approximate surface area is 79.1 Å². The van der Waals surface area contributed by atoms with Crippen molar-refractivity contribution in [3.05, 3.63) is 23.9 Å². The number of rotatable bonds is 2. The fourth-order valence-corrected chi connectivity index (χ4v) is 1.21. The van der Waals surface area contributed by atoms with Gasteiger partial charge in [0.2, 0.25) is 0 Å². The molecule has 0 saturated carbocycles. The van der Waals surface area contributed by atoms with Crippen molar-refractivity contribution in [2.24, 2.45) is 16.3 Å². The molecule has 0 aromatic carbocycles. The summed E-state index contributed by atoms with van der Waals surface area (Å²) in [4.78, 5) is 14.6. The van der Waals surface area contributed by atoms with Gasteiger partial charge in [-0.3, -0.25) is 9.79 Å². The van der Waals surface area contributed by atoms with Crippen molar-refractivity contribution in [2.75, 3.05) is 0 Å². The fraction of sp³-hybridized carbons (Fsp3) is 0.455. The first-order chi connectivity index (χ1) is 6.08. The molecule has 13 heavy (non-hydrogen) atoms. The number of nitrogens with zero attached hydrogens (tertiary/aromatic N) is 1. The second-order valence-electron chi connectivity index (χ2n) is 3.85. The molecule has 0 bridgehead atoms. The molecular weight excluding hydrogens is 162 g/mol. The molecule has 0 spiro atoms. The minimum Gasteiger partial charge on any atom is -0.296 e. The molecule has 1 aliphatic rings. The highest BCUT2D eigenvalue weighted by Gasteiger charge is 2.23. The number of allylic oxidation sites excluding steroid dienone is 4. The zero-order chi connectivity index (χ0) is 9.90. The third-order valence-electron chi connectivity index (χ3n) is 2.59. The Balaban J connectivity index is 3.06. The van der Waals surface area contributed by atoms with Crippen molar-refractivity contribution in [3.8, 4) is 0 Å². The van der Waals surface area contributed by atoms with E-state index in [1.807, 2.05) is 12.2 Å². The third-order valence-corrected chi connectivity index (χ3v) is 2.59. The molecule has 0 aromatic heterocycles. The van der Waals surface area contributed by atoms with E-state index in [1.54, 1.807) is 6.21 Å². The maximum atomic E-state index is 10.6. The summed E-state index contributed by atoms with van der Waals surface area (Å²) in [5.74, 6) is 0.459. The SMILES string of the molecule is CC(C)C1(C)C=CC=NC(C=O)=C1. The molecule has 0 amide bonds. The van der Waals surface area contributed by atoms with E-state index in [0.29, 0.717) is 11.6 Å². The Morgan fingerprint density at radius 1 is 1.54 bits per heavy atom. The minimum atomic E-state index is -0.0628. The molecule has 1 rings (SSSR count). The first-order valence-electron chi connectivity index (χ1n) is 4.48. The molecule has 1 atom stereocenters. The largest absolute Gasteiger partial charge is 0.296 e. The topological polar surface area (TPSA) is 29.4 Å². The standard InChI is InChI=1S/C11H15NO/c1-9(2)11(3)5-4-6-12-10(7-11)8-13/h4-9H,1-3H3. The van der Waals surface area contributed by atoms with E-state index in [-0.39, 0.29) is 5.41 Å².